The molecule has 34 heavy (non-hydrogen) atoms. The largest absolute Gasteiger partial charge is 0.466 e. The number of nitriles is 2. The zero-order valence-corrected chi connectivity index (χ0v) is 18.3. The standard InChI is InChI=1S/C25H20N4O5/c1-2-32-23(30)13-14-28-24(31)21-11-12-22(33-19-7-3-17(15-26)4-8-19)29-25(21)34-20-9-5-18(16-27)6-10-20/h3-12H,2,13-14H2,1H3,(H,28,31). The van der Waals surface area contributed by atoms with Crippen LogP contribution >= 0.6 is 0 Å². The van der Waals surface area contributed by atoms with Gasteiger partial charge in [-0.2, -0.15) is 15.5 Å². The number of carbonyl (C=O) groups excluding carboxylic acids is 2. The van der Waals surface area contributed by atoms with Crippen molar-refractivity contribution in [2.24, 2.45) is 0 Å². The third-order valence-corrected chi connectivity index (χ3v) is 4.40. The maximum Gasteiger partial charge on any atom is 0.307 e. The summed E-state index contributed by atoms with van der Waals surface area (Å²) >= 11 is 0. The molecule has 0 atom stereocenters. The summed E-state index contributed by atoms with van der Waals surface area (Å²) in [5, 5.41) is 20.5. The first-order valence-corrected chi connectivity index (χ1v) is 10.3. The van der Waals surface area contributed by atoms with Gasteiger partial charge in [-0.15, -0.1) is 0 Å². The van der Waals surface area contributed by atoms with Gasteiger partial charge >= 0.3 is 5.97 Å². The van der Waals surface area contributed by atoms with Crippen LogP contribution < -0.4 is 14.8 Å². The van der Waals surface area contributed by atoms with Gasteiger partial charge in [-0.1, -0.05) is 0 Å². The number of carbonyl (C=O) groups is 2. The number of aromatic nitrogens is 1. The molecule has 0 aliphatic rings. The number of benzene rings is 2. The summed E-state index contributed by atoms with van der Waals surface area (Å²) in [6, 6.07) is 19.8. The van der Waals surface area contributed by atoms with E-state index in [1.165, 1.54) is 12.1 Å². The van der Waals surface area contributed by atoms with E-state index >= 15 is 0 Å². The number of rotatable bonds is 9. The lowest BCUT2D eigenvalue weighted by Crippen LogP contribution is -2.27. The summed E-state index contributed by atoms with van der Waals surface area (Å²) in [5.41, 5.74) is 1.07. The van der Waals surface area contributed by atoms with E-state index in [2.05, 4.69) is 10.3 Å². The van der Waals surface area contributed by atoms with Gasteiger partial charge in [0.25, 0.3) is 5.91 Å². The van der Waals surface area contributed by atoms with Crippen molar-refractivity contribution < 1.29 is 23.8 Å². The van der Waals surface area contributed by atoms with E-state index in [1.54, 1.807) is 55.5 Å². The van der Waals surface area contributed by atoms with Crippen molar-refractivity contribution in [3.8, 4) is 35.4 Å². The van der Waals surface area contributed by atoms with Gasteiger partial charge in [-0.05, 0) is 61.5 Å². The van der Waals surface area contributed by atoms with Crippen LogP contribution in [0, 0.1) is 22.7 Å². The van der Waals surface area contributed by atoms with Gasteiger partial charge < -0.3 is 19.5 Å². The molecule has 1 amide bonds. The van der Waals surface area contributed by atoms with Crippen LogP contribution in [-0.2, 0) is 9.53 Å². The fourth-order valence-electron chi connectivity index (χ4n) is 2.76. The second kappa shape index (κ2) is 11.7. The lowest BCUT2D eigenvalue weighted by atomic mass is 10.2. The average Bonchev–Trinajstić information content (AvgIpc) is 2.85. The van der Waals surface area contributed by atoms with Crippen LogP contribution in [0.5, 0.6) is 23.3 Å². The minimum atomic E-state index is -0.495. The predicted molar refractivity (Wildman–Crippen MR) is 120 cm³/mol. The monoisotopic (exact) mass is 456 g/mol. The molecular formula is C25H20N4O5. The molecule has 0 fully saturated rings. The first kappa shape index (κ1) is 23.8. The Bertz CT molecular complexity index is 1240. The summed E-state index contributed by atoms with van der Waals surface area (Å²) in [6.07, 6.45) is 0.0265. The summed E-state index contributed by atoms with van der Waals surface area (Å²) in [5.74, 6) is 0.0393. The smallest absolute Gasteiger partial charge is 0.307 e. The number of hydrogen-bond donors (Lipinski definition) is 1. The number of esters is 1. The summed E-state index contributed by atoms with van der Waals surface area (Å²) in [4.78, 5) is 28.6. The molecule has 1 heterocycles. The molecule has 170 valence electrons. The van der Waals surface area contributed by atoms with Gasteiger partial charge in [0, 0.05) is 12.6 Å². The van der Waals surface area contributed by atoms with E-state index in [1.807, 2.05) is 12.1 Å². The lowest BCUT2D eigenvalue weighted by Gasteiger charge is -2.13. The molecule has 1 N–H and O–H groups in total. The van der Waals surface area contributed by atoms with Crippen LogP contribution in [0.4, 0.5) is 0 Å². The maximum absolute atomic E-state index is 12.7. The highest BCUT2D eigenvalue weighted by molar-refractivity contribution is 5.96. The summed E-state index contributed by atoms with van der Waals surface area (Å²) in [6.45, 7) is 2.05. The van der Waals surface area contributed by atoms with Crippen LogP contribution in [-0.4, -0.2) is 30.0 Å². The number of nitrogens with one attached hydrogen (secondary N) is 1. The fourth-order valence-corrected chi connectivity index (χ4v) is 2.76. The first-order chi connectivity index (χ1) is 16.5. The summed E-state index contributed by atoms with van der Waals surface area (Å²) in [7, 11) is 0. The topological polar surface area (TPSA) is 134 Å². The molecule has 3 rings (SSSR count). The van der Waals surface area contributed by atoms with Crippen molar-refractivity contribution in [3.05, 3.63) is 77.4 Å². The van der Waals surface area contributed by atoms with E-state index in [0.29, 0.717) is 22.6 Å². The highest BCUT2D eigenvalue weighted by Crippen LogP contribution is 2.28. The maximum atomic E-state index is 12.7. The minimum Gasteiger partial charge on any atom is -0.466 e. The van der Waals surface area contributed by atoms with E-state index in [9.17, 15) is 9.59 Å². The molecule has 9 heteroatoms. The van der Waals surface area contributed by atoms with Crippen LogP contribution in [0.2, 0.25) is 0 Å². The number of hydrogen-bond acceptors (Lipinski definition) is 8. The zero-order chi connectivity index (χ0) is 24.3. The van der Waals surface area contributed by atoms with E-state index in [4.69, 9.17) is 24.7 Å². The van der Waals surface area contributed by atoms with E-state index < -0.39 is 11.9 Å². The normalized spacial score (nSPS) is 9.85. The number of pyridine rings is 1. The molecule has 9 nitrogen and oxygen atoms in total. The Morgan fingerprint density at radius 1 is 0.882 bits per heavy atom. The molecule has 0 saturated heterocycles. The second-order valence-electron chi connectivity index (χ2n) is 6.79. The number of ether oxygens (including phenoxy) is 3. The third kappa shape index (κ3) is 6.55. The van der Waals surface area contributed by atoms with Crippen molar-refractivity contribution in [3.63, 3.8) is 0 Å². The Labute approximate surface area is 196 Å². The quantitative estimate of drug-likeness (QED) is 0.476. The second-order valence-corrected chi connectivity index (χ2v) is 6.79. The van der Waals surface area contributed by atoms with Gasteiger partial charge in [-0.3, -0.25) is 9.59 Å². The highest BCUT2D eigenvalue weighted by Gasteiger charge is 2.17. The third-order valence-electron chi connectivity index (χ3n) is 4.40. The molecule has 0 radical (unpaired) electrons. The number of nitrogens with zero attached hydrogens (tertiary/aromatic N) is 3. The molecule has 3 aromatic rings. The molecular weight excluding hydrogens is 436 g/mol. The molecule has 1 aromatic heterocycles. The zero-order valence-electron chi connectivity index (χ0n) is 18.3. The van der Waals surface area contributed by atoms with Crippen LogP contribution in [0.15, 0.2) is 60.7 Å². The fraction of sp³-hybridized carbons (Fsp3) is 0.160. The van der Waals surface area contributed by atoms with Gasteiger partial charge in [0.15, 0.2) is 0 Å². The first-order valence-electron chi connectivity index (χ1n) is 10.3. The van der Waals surface area contributed by atoms with Crippen molar-refractivity contribution in [2.45, 2.75) is 13.3 Å². The SMILES string of the molecule is CCOC(=O)CCNC(=O)c1ccc(Oc2ccc(C#N)cc2)nc1Oc1ccc(C#N)cc1. The highest BCUT2D eigenvalue weighted by atomic mass is 16.5. The molecule has 0 bridgehead atoms. The minimum absolute atomic E-state index is 0.0236. The molecule has 2 aromatic carbocycles. The molecule has 0 spiro atoms. The van der Waals surface area contributed by atoms with Crippen molar-refractivity contribution in [1.29, 1.82) is 10.5 Å². The lowest BCUT2D eigenvalue weighted by molar-refractivity contribution is -0.142. The Morgan fingerprint density at radius 3 is 2.03 bits per heavy atom. The Kier molecular flexibility index (Phi) is 8.14. The predicted octanol–water partition coefficient (Wildman–Crippen LogP) is 4.09. The van der Waals surface area contributed by atoms with Gasteiger partial charge in [0.1, 0.15) is 17.1 Å². The Balaban J connectivity index is 1.82. The summed E-state index contributed by atoms with van der Waals surface area (Å²) < 4.78 is 16.4. The Morgan fingerprint density at radius 2 is 1.47 bits per heavy atom. The molecule has 0 aliphatic carbocycles. The van der Waals surface area contributed by atoms with Gasteiger partial charge in [0.2, 0.25) is 11.8 Å². The van der Waals surface area contributed by atoms with Crippen LogP contribution in [0.1, 0.15) is 34.8 Å². The van der Waals surface area contributed by atoms with Crippen molar-refractivity contribution in [1.82, 2.24) is 10.3 Å². The molecule has 0 saturated carbocycles. The van der Waals surface area contributed by atoms with Crippen molar-refractivity contribution in [2.75, 3.05) is 13.2 Å². The van der Waals surface area contributed by atoms with Gasteiger partial charge in [-0.25, -0.2) is 0 Å². The van der Waals surface area contributed by atoms with Crippen LogP contribution in [0.25, 0.3) is 0 Å². The van der Waals surface area contributed by atoms with Gasteiger partial charge in [0.05, 0.1) is 36.3 Å². The van der Waals surface area contributed by atoms with Crippen molar-refractivity contribution >= 4 is 11.9 Å². The molecule has 0 unspecified atom stereocenters. The number of amides is 1. The average molecular weight is 456 g/mol. The van der Waals surface area contributed by atoms with E-state index in [-0.39, 0.29) is 36.9 Å². The molecule has 0 aliphatic heterocycles. The van der Waals surface area contributed by atoms with Crippen LogP contribution in [0.3, 0.4) is 0 Å². The Hall–Kier alpha value is -4.89. The van der Waals surface area contributed by atoms with E-state index in [0.717, 1.165) is 0 Å².